The number of hydrazine groups is 1. The predicted octanol–water partition coefficient (Wildman–Crippen LogP) is -0.0396. The second-order valence-electron chi connectivity index (χ2n) is 2.80. The standard InChI is InChI=1S/C7H9N3O3.H3O4P/c1-13-5-2-3-6(9-8)7(4-5)10(11)12;1-5(2,3)4/h2-4,9H,8H2,1H3;(H3,1,2,3,4). The molecule has 0 aliphatic carbocycles. The monoisotopic (exact) mass is 281 g/mol. The van der Waals surface area contributed by atoms with Crippen LogP contribution in [0.2, 0.25) is 0 Å². The number of nitrogens with zero attached hydrogens (tertiary/aromatic N) is 1. The molecule has 11 heteroatoms. The smallest absolute Gasteiger partial charge is 0.466 e. The lowest BCUT2D eigenvalue weighted by Crippen LogP contribution is -2.08. The lowest BCUT2D eigenvalue weighted by atomic mass is 10.2. The Morgan fingerprint density at radius 2 is 1.94 bits per heavy atom. The third kappa shape index (κ3) is 6.78. The number of hydrogen-bond donors (Lipinski definition) is 5. The summed E-state index contributed by atoms with van der Waals surface area (Å²) in [7, 11) is -3.20. The van der Waals surface area contributed by atoms with Crippen LogP contribution in [0.4, 0.5) is 11.4 Å². The molecule has 0 saturated heterocycles. The van der Waals surface area contributed by atoms with E-state index in [0.717, 1.165) is 0 Å². The molecule has 0 aliphatic rings. The van der Waals surface area contributed by atoms with E-state index in [-0.39, 0.29) is 11.4 Å². The summed E-state index contributed by atoms with van der Waals surface area (Å²) in [5, 5.41) is 10.5. The Morgan fingerprint density at radius 1 is 1.44 bits per heavy atom. The summed E-state index contributed by atoms with van der Waals surface area (Å²) in [6.07, 6.45) is 0. The van der Waals surface area contributed by atoms with Gasteiger partial charge in [0.05, 0.1) is 18.1 Å². The van der Waals surface area contributed by atoms with Gasteiger partial charge in [0, 0.05) is 0 Å². The lowest BCUT2D eigenvalue weighted by molar-refractivity contribution is -0.384. The molecular formula is C7H12N3O7P. The molecule has 6 N–H and O–H groups in total. The van der Waals surface area contributed by atoms with Crippen LogP contribution in [-0.2, 0) is 4.57 Å². The first-order valence-electron chi connectivity index (χ1n) is 4.26. The summed E-state index contributed by atoms with van der Waals surface area (Å²) in [6.45, 7) is 0. The number of anilines is 1. The highest BCUT2D eigenvalue weighted by atomic mass is 31.2. The molecule has 0 atom stereocenters. The van der Waals surface area contributed by atoms with Gasteiger partial charge in [0.25, 0.3) is 5.69 Å². The number of ether oxygens (including phenoxy) is 1. The zero-order chi connectivity index (χ0) is 14.3. The molecule has 102 valence electrons. The normalized spacial score (nSPS) is 10.1. The number of phosphoric acid groups is 1. The van der Waals surface area contributed by atoms with Crippen LogP contribution in [0.3, 0.4) is 0 Å². The summed E-state index contributed by atoms with van der Waals surface area (Å²) in [5.74, 6) is 5.51. The molecule has 0 radical (unpaired) electrons. The van der Waals surface area contributed by atoms with E-state index in [0.29, 0.717) is 5.75 Å². The summed E-state index contributed by atoms with van der Waals surface area (Å²) in [4.78, 5) is 31.5. The number of rotatable bonds is 3. The van der Waals surface area contributed by atoms with Gasteiger partial charge in [-0.2, -0.15) is 0 Å². The minimum absolute atomic E-state index is 0.109. The molecule has 10 nitrogen and oxygen atoms in total. The summed E-state index contributed by atoms with van der Waals surface area (Å²) in [5.41, 5.74) is 2.38. The quantitative estimate of drug-likeness (QED) is 0.221. The molecule has 0 saturated carbocycles. The topological polar surface area (TPSA) is 168 Å². The minimum atomic E-state index is -4.64. The van der Waals surface area contributed by atoms with Gasteiger partial charge in [-0.1, -0.05) is 0 Å². The zero-order valence-corrected chi connectivity index (χ0v) is 10.1. The number of nitro groups is 1. The molecule has 0 aromatic heterocycles. The second kappa shape index (κ2) is 6.89. The van der Waals surface area contributed by atoms with Gasteiger partial charge < -0.3 is 24.8 Å². The number of nitrogens with one attached hydrogen (secondary N) is 1. The van der Waals surface area contributed by atoms with E-state index in [1.807, 2.05) is 0 Å². The molecule has 18 heavy (non-hydrogen) atoms. The summed E-state index contributed by atoms with van der Waals surface area (Å²) in [6, 6.07) is 4.37. The van der Waals surface area contributed by atoms with Crippen LogP contribution in [0.1, 0.15) is 0 Å². The highest BCUT2D eigenvalue weighted by Gasteiger charge is 2.13. The maximum absolute atomic E-state index is 10.5. The second-order valence-corrected chi connectivity index (χ2v) is 3.82. The Labute approximate surface area is 101 Å². The van der Waals surface area contributed by atoms with Crippen molar-refractivity contribution in [1.82, 2.24) is 0 Å². The third-order valence-electron chi connectivity index (χ3n) is 1.56. The van der Waals surface area contributed by atoms with Crippen LogP contribution in [-0.4, -0.2) is 26.7 Å². The van der Waals surface area contributed by atoms with Gasteiger partial charge in [0.15, 0.2) is 0 Å². The zero-order valence-electron chi connectivity index (χ0n) is 9.18. The van der Waals surface area contributed by atoms with Gasteiger partial charge in [-0.15, -0.1) is 0 Å². The molecule has 0 spiro atoms. The fourth-order valence-corrected chi connectivity index (χ4v) is 0.912. The first-order valence-corrected chi connectivity index (χ1v) is 5.83. The van der Waals surface area contributed by atoms with Crippen LogP contribution in [0.15, 0.2) is 18.2 Å². The van der Waals surface area contributed by atoms with E-state index in [4.69, 9.17) is 29.8 Å². The molecule has 1 aromatic rings. The average molecular weight is 281 g/mol. The maximum atomic E-state index is 10.5. The maximum Gasteiger partial charge on any atom is 0.466 e. The van der Waals surface area contributed by atoms with E-state index in [2.05, 4.69) is 5.43 Å². The number of methoxy groups -OCH3 is 1. The molecule has 0 heterocycles. The number of nitrogens with two attached hydrogens (primary N) is 1. The van der Waals surface area contributed by atoms with E-state index in [1.165, 1.54) is 19.2 Å². The van der Waals surface area contributed by atoms with E-state index >= 15 is 0 Å². The lowest BCUT2D eigenvalue weighted by Gasteiger charge is -2.03. The van der Waals surface area contributed by atoms with Crippen molar-refractivity contribution in [1.29, 1.82) is 0 Å². The van der Waals surface area contributed by atoms with Crippen LogP contribution < -0.4 is 16.0 Å². The van der Waals surface area contributed by atoms with Gasteiger partial charge in [-0.25, -0.2) is 4.57 Å². The van der Waals surface area contributed by atoms with Gasteiger partial charge in [-0.3, -0.25) is 16.0 Å². The Bertz CT molecular complexity index is 452. The van der Waals surface area contributed by atoms with Crippen molar-refractivity contribution in [3.8, 4) is 5.75 Å². The van der Waals surface area contributed by atoms with Crippen LogP contribution in [0.25, 0.3) is 0 Å². The fourth-order valence-electron chi connectivity index (χ4n) is 0.912. The van der Waals surface area contributed by atoms with E-state index in [1.54, 1.807) is 6.07 Å². The highest BCUT2D eigenvalue weighted by Crippen LogP contribution is 2.27. The predicted molar refractivity (Wildman–Crippen MR) is 61.7 cm³/mol. The Balaban J connectivity index is 0.000000494. The SMILES string of the molecule is COc1ccc(NN)c([N+](=O)[O-])c1.O=P(O)(O)O. The van der Waals surface area contributed by atoms with Gasteiger partial charge >= 0.3 is 7.82 Å². The Kier molecular flexibility index (Phi) is 6.23. The molecule has 0 bridgehead atoms. The molecule has 0 unspecified atom stereocenters. The molecule has 0 aliphatic heterocycles. The molecular weight excluding hydrogens is 269 g/mol. The largest absolute Gasteiger partial charge is 0.496 e. The van der Waals surface area contributed by atoms with Crippen LogP contribution >= 0.6 is 7.82 Å². The molecule has 0 fully saturated rings. The highest BCUT2D eigenvalue weighted by molar-refractivity contribution is 7.45. The first kappa shape index (κ1) is 16.3. The number of benzene rings is 1. The van der Waals surface area contributed by atoms with Crippen LogP contribution in [0.5, 0.6) is 5.75 Å². The minimum Gasteiger partial charge on any atom is -0.496 e. The summed E-state index contributed by atoms with van der Waals surface area (Å²) >= 11 is 0. The average Bonchev–Trinajstić information content (AvgIpc) is 2.25. The van der Waals surface area contributed by atoms with E-state index < -0.39 is 12.7 Å². The van der Waals surface area contributed by atoms with Crippen molar-refractivity contribution in [2.45, 2.75) is 0 Å². The van der Waals surface area contributed by atoms with Gasteiger partial charge in [0.1, 0.15) is 11.4 Å². The van der Waals surface area contributed by atoms with Crippen molar-refractivity contribution in [3.63, 3.8) is 0 Å². The number of nitrogen functional groups attached to an aromatic ring is 1. The van der Waals surface area contributed by atoms with Gasteiger partial charge in [0.2, 0.25) is 0 Å². The number of hydrogen-bond acceptors (Lipinski definition) is 6. The number of nitro benzene ring substituents is 1. The van der Waals surface area contributed by atoms with E-state index in [9.17, 15) is 10.1 Å². The molecule has 1 aromatic carbocycles. The molecule has 1 rings (SSSR count). The Hall–Kier alpha value is -1.71. The van der Waals surface area contributed by atoms with Crippen molar-refractivity contribution in [3.05, 3.63) is 28.3 Å². The van der Waals surface area contributed by atoms with Crippen molar-refractivity contribution in [2.24, 2.45) is 5.84 Å². The third-order valence-corrected chi connectivity index (χ3v) is 1.56. The molecule has 0 amide bonds. The van der Waals surface area contributed by atoms with Crippen LogP contribution in [0, 0.1) is 10.1 Å². The van der Waals surface area contributed by atoms with Crippen molar-refractivity contribution < 1.29 is 28.9 Å². The first-order chi connectivity index (χ1) is 8.19. The van der Waals surface area contributed by atoms with Crippen molar-refractivity contribution in [2.75, 3.05) is 12.5 Å². The van der Waals surface area contributed by atoms with Crippen molar-refractivity contribution >= 4 is 19.2 Å². The summed E-state index contributed by atoms with van der Waals surface area (Å²) < 4.78 is 13.7. The fraction of sp³-hybridized carbons (Fsp3) is 0.143. The van der Waals surface area contributed by atoms with Gasteiger partial charge in [-0.05, 0) is 12.1 Å². The Morgan fingerprint density at radius 3 is 2.28 bits per heavy atom.